The standard InChI is InChI=1S/C14H15BrN2O2/c1-9(18)17-12-8-10(15)2-3-11(12)14(13(17)19)4-6-16-7-5-14/h2-3,8,16H,4-7H2,1H3. The van der Waals surface area contributed by atoms with Crippen LogP contribution in [0.15, 0.2) is 22.7 Å². The van der Waals surface area contributed by atoms with Gasteiger partial charge >= 0.3 is 0 Å². The maximum atomic E-state index is 12.8. The number of fused-ring (bicyclic) bond motifs is 2. The molecule has 0 aliphatic carbocycles. The summed E-state index contributed by atoms with van der Waals surface area (Å²) < 4.78 is 0.885. The molecule has 19 heavy (non-hydrogen) atoms. The zero-order chi connectivity index (χ0) is 13.6. The van der Waals surface area contributed by atoms with Crippen LogP contribution in [0.4, 0.5) is 5.69 Å². The van der Waals surface area contributed by atoms with Crippen LogP contribution in [-0.4, -0.2) is 24.9 Å². The first kappa shape index (κ1) is 12.8. The highest BCUT2D eigenvalue weighted by atomic mass is 79.9. The lowest BCUT2D eigenvalue weighted by Crippen LogP contribution is -2.48. The molecule has 1 aromatic carbocycles. The van der Waals surface area contributed by atoms with Crippen LogP contribution in [0.5, 0.6) is 0 Å². The third-order valence-corrected chi connectivity index (χ3v) is 4.59. The van der Waals surface area contributed by atoms with Gasteiger partial charge in [0, 0.05) is 11.4 Å². The second-order valence-electron chi connectivity index (χ2n) is 5.15. The van der Waals surface area contributed by atoms with Crippen molar-refractivity contribution in [1.82, 2.24) is 5.32 Å². The first-order valence-corrected chi connectivity index (χ1v) is 7.21. The fraction of sp³-hybridized carbons (Fsp3) is 0.429. The summed E-state index contributed by atoms with van der Waals surface area (Å²) in [6.45, 7) is 3.07. The number of piperidine rings is 1. The highest BCUT2D eigenvalue weighted by Crippen LogP contribution is 2.47. The molecule has 3 rings (SSSR count). The molecule has 1 spiro atoms. The molecule has 5 heteroatoms. The zero-order valence-corrected chi connectivity index (χ0v) is 12.3. The predicted octanol–water partition coefficient (Wildman–Crippen LogP) is 1.96. The summed E-state index contributed by atoms with van der Waals surface area (Å²) in [5.41, 5.74) is 1.23. The summed E-state index contributed by atoms with van der Waals surface area (Å²) in [5.74, 6) is -0.269. The van der Waals surface area contributed by atoms with Crippen LogP contribution in [0.2, 0.25) is 0 Å². The van der Waals surface area contributed by atoms with Crippen LogP contribution >= 0.6 is 15.9 Å². The topological polar surface area (TPSA) is 49.4 Å². The molecule has 4 nitrogen and oxygen atoms in total. The Morgan fingerprint density at radius 3 is 2.68 bits per heavy atom. The van der Waals surface area contributed by atoms with Gasteiger partial charge in [-0.05, 0) is 43.6 Å². The fourth-order valence-corrected chi connectivity index (χ4v) is 3.53. The molecule has 2 amide bonds. The third kappa shape index (κ3) is 1.75. The quantitative estimate of drug-likeness (QED) is 0.794. The van der Waals surface area contributed by atoms with Gasteiger partial charge in [0.05, 0.1) is 11.1 Å². The van der Waals surface area contributed by atoms with Crippen molar-refractivity contribution >= 4 is 33.4 Å². The lowest BCUT2D eigenvalue weighted by atomic mass is 9.74. The van der Waals surface area contributed by atoms with E-state index in [-0.39, 0.29) is 11.8 Å². The average molecular weight is 323 g/mol. The van der Waals surface area contributed by atoms with Crippen LogP contribution < -0.4 is 10.2 Å². The van der Waals surface area contributed by atoms with E-state index in [1.807, 2.05) is 18.2 Å². The van der Waals surface area contributed by atoms with Gasteiger partial charge in [0.15, 0.2) is 0 Å². The molecule has 2 heterocycles. The van der Waals surface area contributed by atoms with Crippen molar-refractivity contribution in [1.29, 1.82) is 0 Å². The monoisotopic (exact) mass is 322 g/mol. The minimum absolute atomic E-state index is 0.0606. The highest BCUT2D eigenvalue weighted by molar-refractivity contribution is 9.10. The summed E-state index contributed by atoms with van der Waals surface area (Å²) >= 11 is 3.41. The molecular formula is C14H15BrN2O2. The number of carbonyl (C=O) groups excluding carboxylic acids is 2. The minimum Gasteiger partial charge on any atom is -0.317 e. The van der Waals surface area contributed by atoms with Gasteiger partial charge in [0.1, 0.15) is 0 Å². The molecule has 1 saturated heterocycles. The Hall–Kier alpha value is -1.20. The number of hydrogen-bond acceptors (Lipinski definition) is 3. The van der Waals surface area contributed by atoms with Crippen molar-refractivity contribution in [3.05, 3.63) is 28.2 Å². The molecule has 2 aliphatic heterocycles. The molecule has 0 saturated carbocycles. The molecule has 1 aromatic rings. The molecule has 0 bridgehead atoms. The summed E-state index contributed by atoms with van der Waals surface area (Å²) in [4.78, 5) is 25.9. The lowest BCUT2D eigenvalue weighted by molar-refractivity contribution is -0.128. The second kappa shape index (κ2) is 4.42. The molecule has 100 valence electrons. The van der Waals surface area contributed by atoms with Crippen molar-refractivity contribution in [3.8, 4) is 0 Å². The molecule has 0 radical (unpaired) electrons. The number of carbonyl (C=O) groups is 2. The smallest absolute Gasteiger partial charge is 0.244 e. The van der Waals surface area contributed by atoms with Crippen molar-refractivity contribution in [3.63, 3.8) is 0 Å². The van der Waals surface area contributed by atoms with Gasteiger partial charge in [-0.15, -0.1) is 0 Å². The Kier molecular flexibility index (Phi) is 2.98. The number of imide groups is 1. The number of amides is 2. The predicted molar refractivity (Wildman–Crippen MR) is 76.1 cm³/mol. The number of nitrogens with zero attached hydrogens (tertiary/aromatic N) is 1. The van der Waals surface area contributed by atoms with E-state index in [0.29, 0.717) is 0 Å². The van der Waals surface area contributed by atoms with Crippen molar-refractivity contribution in [2.75, 3.05) is 18.0 Å². The molecule has 1 N–H and O–H groups in total. The Bertz CT molecular complexity index is 565. The fourth-order valence-electron chi connectivity index (χ4n) is 3.18. The number of halogens is 1. The molecular weight excluding hydrogens is 308 g/mol. The van der Waals surface area contributed by atoms with E-state index in [0.717, 1.165) is 41.7 Å². The third-order valence-electron chi connectivity index (χ3n) is 4.10. The number of benzene rings is 1. The molecule has 2 aliphatic rings. The first-order valence-electron chi connectivity index (χ1n) is 6.42. The Morgan fingerprint density at radius 1 is 1.37 bits per heavy atom. The van der Waals surface area contributed by atoms with Crippen molar-refractivity contribution in [2.45, 2.75) is 25.2 Å². The molecule has 1 fully saturated rings. The first-order chi connectivity index (χ1) is 9.06. The lowest BCUT2D eigenvalue weighted by Gasteiger charge is -2.32. The summed E-state index contributed by atoms with van der Waals surface area (Å²) in [7, 11) is 0. The molecule has 0 aromatic heterocycles. The maximum Gasteiger partial charge on any atom is 0.244 e. The number of anilines is 1. The normalized spacial score (nSPS) is 20.7. The van der Waals surface area contributed by atoms with Crippen LogP contribution in [0, 0.1) is 0 Å². The van der Waals surface area contributed by atoms with Crippen LogP contribution in [0.3, 0.4) is 0 Å². The molecule has 0 unspecified atom stereocenters. The van der Waals surface area contributed by atoms with E-state index in [9.17, 15) is 9.59 Å². The van der Waals surface area contributed by atoms with Gasteiger partial charge in [-0.3, -0.25) is 9.59 Å². The SMILES string of the molecule is CC(=O)N1C(=O)C2(CCNCC2)c2ccc(Br)cc21. The van der Waals surface area contributed by atoms with Crippen LogP contribution in [-0.2, 0) is 15.0 Å². The van der Waals surface area contributed by atoms with Gasteiger partial charge in [0.2, 0.25) is 11.8 Å². The van der Waals surface area contributed by atoms with E-state index in [4.69, 9.17) is 0 Å². The van der Waals surface area contributed by atoms with E-state index in [1.165, 1.54) is 11.8 Å². The van der Waals surface area contributed by atoms with E-state index >= 15 is 0 Å². The maximum absolute atomic E-state index is 12.8. The minimum atomic E-state index is -0.507. The number of hydrogen-bond donors (Lipinski definition) is 1. The summed E-state index contributed by atoms with van der Waals surface area (Å²) in [6.07, 6.45) is 1.51. The Morgan fingerprint density at radius 2 is 2.05 bits per heavy atom. The largest absolute Gasteiger partial charge is 0.317 e. The second-order valence-corrected chi connectivity index (χ2v) is 6.07. The Labute approximate surface area is 120 Å². The van der Waals surface area contributed by atoms with E-state index in [1.54, 1.807) is 0 Å². The van der Waals surface area contributed by atoms with Crippen molar-refractivity contribution in [2.24, 2.45) is 0 Å². The number of nitrogens with one attached hydrogen (secondary N) is 1. The average Bonchev–Trinajstić information content (AvgIpc) is 2.60. The van der Waals surface area contributed by atoms with Crippen molar-refractivity contribution < 1.29 is 9.59 Å². The zero-order valence-electron chi connectivity index (χ0n) is 10.7. The summed E-state index contributed by atoms with van der Waals surface area (Å²) in [5, 5.41) is 3.28. The van der Waals surface area contributed by atoms with E-state index in [2.05, 4.69) is 21.2 Å². The van der Waals surface area contributed by atoms with Gasteiger partial charge in [-0.2, -0.15) is 0 Å². The van der Waals surface area contributed by atoms with Gasteiger partial charge in [-0.1, -0.05) is 22.0 Å². The molecule has 0 atom stereocenters. The van der Waals surface area contributed by atoms with E-state index < -0.39 is 5.41 Å². The van der Waals surface area contributed by atoms with Gasteiger partial charge in [0.25, 0.3) is 0 Å². The number of rotatable bonds is 0. The van der Waals surface area contributed by atoms with Crippen LogP contribution in [0.25, 0.3) is 0 Å². The Balaban J connectivity index is 2.19. The highest BCUT2D eigenvalue weighted by Gasteiger charge is 2.52. The van der Waals surface area contributed by atoms with Gasteiger partial charge < -0.3 is 5.32 Å². The van der Waals surface area contributed by atoms with Gasteiger partial charge in [-0.25, -0.2) is 4.90 Å². The summed E-state index contributed by atoms with van der Waals surface area (Å²) in [6, 6.07) is 5.79. The van der Waals surface area contributed by atoms with Crippen LogP contribution in [0.1, 0.15) is 25.3 Å².